The lowest BCUT2D eigenvalue weighted by Crippen LogP contribution is -2.39. The van der Waals surface area contributed by atoms with E-state index in [4.69, 9.17) is 5.26 Å². The van der Waals surface area contributed by atoms with Crippen LogP contribution in [0.2, 0.25) is 0 Å². The number of rotatable bonds is 3. The Labute approximate surface area is 125 Å². The smallest absolute Gasteiger partial charge is 0.0991 e. The number of nitrogens with zero attached hydrogens (tertiary/aromatic N) is 2. The van der Waals surface area contributed by atoms with Crippen molar-refractivity contribution in [1.82, 2.24) is 0 Å². The minimum absolute atomic E-state index is 0.512. The van der Waals surface area contributed by atoms with Gasteiger partial charge < -0.3 is 10.2 Å². The SMILES string of the molecule is N#Cc1ccc(NC2CCN(c3ccccc3)CC2)cc1. The summed E-state index contributed by atoms with van der Waals surface area (Å²) < 4.78 is 0. The molecule has 3 heteroatoms. The molecule has 1 aliphatic heterocycles. The number of anilines is 2. The van der Waals surface area contributed by atoms with Gasteiger partial charge >= 0.3 is 0 Å². The van der Waals surface area contributed by atoms with Crippen molar-refractivity contribution in [3.05, 3.63) is 60.2 Å². The van der Waals surface area contributed by atoms with Gasteiger partial charge in [0.05, 0.1) is 11.6 Å². The molecule has 106 valence electrons. The van der Waals surface area contributed by atoms with Gasteiger partial charge in [-0.05, 0) is 49.2 Å². The summed E-state index contributed by atoms with van der Waals surface area (Å²) in [6.45, 7) is 2.16. The molecule has 0 spiro atoms. The van der Waals surface area contributed by atoms with Crippen LogP contribution in [0.15, 0.2) is 54.6 Å². The standard InChI is InChI=1S/C18H19N3/c19-14-15-6-8-16(9-7-15)20-17-10-12-21(13-11-17)18-4-2-1-3-5-18/h1-9,17,20H,10-13H2. The molecular formula is C18H19N3. The molecule has 3 nitrogen and oxygen atoms in total. The average molecular weight is 277 g/mol. The Kier molecular flexibility index (Phi) is 4.07. The van der Waals surface area contributed by atoms with Gasteiger partial charge in [-0.1, -0.05) is 18.2 Å². The number of hydrogen-bond acceptors (Lipinski definition) is 3. The zero-order valence-electron chi connectivity index (χ0n) is 12.0. The van der Waals surface area contributed by atoms with Gasteiger partial charge in [0.1, 0.15) is 0 Å². The molecule has 0 radical (unpaired) electrons. The summed E-state index contributed by atoms with van der Waals surface area (Å²) in [7, 11) is 0. The maximum absolute atomic E-state index is 8.81. The van der Waals surface area contributed by atoms with Gasteiger partial charge in [0.25, 0.3) is 0 Å². The van der Waals surface area contributed by atoms with Crippen molar-refractivity contribution in [2.24, 2.45) is 0 Å². The Morgan fingerprint density at radius 2 is 1.62 bits per heavy atom. The molecule has 0 atom stereocenters. The second kappa shape index (κ2) is 6.32. The van der Waals surface area contributed by atoms with E-state index in [9.17, 15) is 0 Å². The van der Waals surface area contributed by atoms with Gasteiger partial charge in [-0.2, -0.15) is 5.26 Å². The molecule has 0 unspecified atom stereocenters. The van der Waals surface area contributed by atoms with Crippen molar-refractivity contribution in [2.45, 2.75) is 18.9 Å². The zero-order valence-corrected chi connectivity index (χ0v) is 12.0. The van der Waals surface area contributed by atoms with E-state index in [0.717, 1.165) is 31.6 Å². The molecule has 2 aromatic carbocycles. The van der Waals surface area contributed by atoms with Gasteiger partial charge in [-0.3, -0.25) is 0 Å². The Balaban J connectivity index is 1.55. The number of benzene rings is 2. The van der Waals surface area contributed by atoms with E-state index in [1.807, 2.05) is 24.3 Å². The third kappa shape index (κ3) is 3.35. The molecule has 1 saturated heterocycles. The largest absolute Gasteiger partial charge is 0.382 e. The van der Waals surface area contributed by atoms with Gasteiger partial charge in [-0.15, -0.1) is 0 Å². The van der Waals surface area contributed by atoms with Crippen molar-refractivity contribution in [1.29, 1.82) is 5.26 Å². The van der Waals surface area contributed by atoms with E-state index < -0.39 is 0 Å². The molecule has 0 bridgehead atoms. The van der Waals surface area contributed by atoms with Crippen LogP contribution in [-0.4, -0.2) is 19.1 Å². The van der Waals surface area contributed by atoms with Gasteiger partial charge in [0.15, 0.2) is 0 Å². The topological polar surface area (TPSA) is 39.1 Å². The lowest BCUT2D eigenvalue weighted by molar-refractivity contribution is 0.527. The fraction of sp³-hybridized carbons (Fsp3) is 0.278. The summed E-state index contributed by atoms with van der Waals surface area (Å²) in [5.74, 6) is 0. The molecule has 21 heavy (non-hydrogen) atoms. The minimum atomic E-state index is 0.512. The predicted molar refractivity (Wildman–Crippen MR) is 86.5 cm³/mol. The number of para-hydroxylation sites is 1. The minimum Gasteiger partial charge on any atom is -0.382 e. The van der Waals surface area contributed by atoms with Crippen molar-refractivity contribution >= 4 is 11.4 Å². The number of nitriles is 1. The van der Waals surface area contributed by atoms with Crippen LogP contribution in [0.4, 0.5) is 11.4 Å². The van der Waals surface area contributed by atoms with E-state index in [0.29, 0.717) is 11.6 Å². The zero-order chi connectivity index (χ0) is 14.5. The van der Waals surface area contributed by atoms with Crippen LogP contribution in [0.3, 0.4) is 0 Å². The summed E-state index contributed by atoms with van der Waals surface area (Å²) in [5, 5.41) is 12.4. The fourth-order valence-corrected chi connectivity index (χ4v) is 2.80. The van der Waals surface area contributed by atoms with Crippen LogP contribution < -0.4 is 10.2 Å². The summed E-state index contributed by atoms with van der Waals surface area (Å²) in [5.41, 5.74) is 3.13. The molecule has 0 saturated carbocycles. The molecule has 3 rings (SSSR count). The van der Waals surface area contributed by atoms with Crippen LogP contribution in [-0.2, 0) is 0 Å². The van der Waals surface area contributed by atoms with E-state index in [1.54, 1.807) is 0 Å². The van der Waals surface area contributed by atoms with Crippen molar-refractivity contribution in [3.63, 3.8) is 0 Å². The highest BCUT2D eigenvalue weighted by Crippen LogP contribution is 2.21. The molecule has 0 aliphatic carbocycles. The predicted octanol–water partition coefficient (Wildman–Crippen LogP) is 3.64. The number of hydrogen-bond donors (Lipinski definition) is 1. The first-order valence-corrected chi connectivity index (χ1v) is 7.42. The molecule has 0 aromatic heterocycles. The normalized spacial score (nSPS) is 15.5. The van der Waals surface area contributed by atoms with Crippen LogP contribution in [0.25, 0.3) is 0 Å². The van der Waals surface area contributed by atoms with Crippen LogP contribution in [0.5, 0.6) is 0 Å². The van der Waals surface area contributed by atoms with Crippen LogP contribution in [0.1, 0.15) is 18.4 Å². The van der Waals surface area contributed by atoms with Crippen LogP contribution >= 0.6 is 0 Å². The summed E-state index contributed by atoms with van der Waals surface area (Å²) >= 11 is 0. The molecule has 1 heterocycles. The van der Waals surface area contributed by atoms with E-state index in [2.05, 4.69) is 46.6 Å². The molecular weight excluding hydrogens is 258 g/mol. The second-order valence-corrected chi connectivity index (χ2v) is 5.43. The highest BCUT2D eigenvalue weighted by atomic mass is 15.1. The first-order chi connectivity index (χ1) is 10.3. The van der Waals surface area contributed by atoms with E-state index in [-0.39, 0.29) is 0 Å². The van der Waals surface area contributed by atoms with Gasteiger partial charge in [-0.25, -0.2) is 0 Å². The Morgan fingerprint density at radius 1 is 0.952 bits per heavy atom. The Bertz CT molecular complexity index is 605. The molecule has 2 aromatic rings. The highest BCUT2D eigenvalue weighted by molar-refractivity contribution is 5.49. The quantitative estimate of drug-likeness (QED) is 0.931. The Hall–Kier alpha value is -2.47. The monoisotopic (exact) mass is 277 g/mol. The third-order valence-electron chi connectivity index (χ3n) is 4.00. The maximum Gasteiger partial charge on any atom is 0.0991 e. The van der Waals surface area contributed by atoms with E-state index >= 15 is 0 Å². The molecule has 1 aliphatic rings. The lowest BCUT2D eigenvalue weighted by Gasteiger charge is -2.34. The second-order valence-electron chi connectivity index (χ2n) is 5.43. The lowest BCUT2D eigenvalue weighted by atomic mass is 10.0. The maximum atomic E-state index is 8.81. The highest BCUT2D eigenvalue weighted by Gasteiger charge is 2.18. The van der Waals surface area contributed by atoms with Crippen molar-refractivity contribution in [3.8, 4) is 6.07 Å². The average Bonchev–Trinajstić information content (AvgIpc) is 2.57. The summed E-state index contributed by atoms with van der Waals surface area (Å²) in [6.07, 6.45) is 2.27. The Morgan fingerprint density at radius 3 is 2.24 bits per heavy atom. The van der Waals surface area contributed by atoms with Crippen molar-refractivity contribution < 1.29 is 0 Å². The summed E-state index contributed by atoms with van der Waals surface area (Å²) in [6, 6.07) is 21.0. The summed E-state index contributed by atoms with van der Waals surface area (Å²) in [4.78, 5) is 2.44. The molecule has 1 fully saturated rings. The molecule has 1 N–H and O–H groups in total. The van der Waals surface area contributed by atoms with Crippen molar-refractivity contribution in [2.75, 3.05) is 23.3 Å². The molecule has 0 amide bonds. The van der Waals surface area contributed by atoms with E-state index in [1.165, 1.54) is 5.69 Å². The third-order valence-corrected chi connectivity index (χ3v) is 4.00. The van der Waals surface area contributed by atoms with Gasteiger partial charge in [0.2, 0.25) is 0 Å². The first kappa shape index (κ1) is 13.5. The number of nitrogens with one attached hydrogen (secondary N) is 1. The number of piperidine rings is 1. The first-order valence-electron chi connectivity index (χ1n) is 7.42. The fourth-order valence-electron chi connectivity index (χ4n) is 2.80. The van der Waals surface area contributed by atoms with Crippen LogP contribution in [0, 0.1) is 11.3 Å². The van der Waals surface area contributed by atoms with Gasteiger partial charge in [0, 0.05) is 30.5 Å².